The van der Waals surface area contributed by atoms with E-state index < -0.39 is 0 Å². The van der Waals surface area contributed by atoms with E-state index >= 15 is 0 Å². The van der Waals surface area contributed by atoms with Crippen LogP contribution < -0.4 is 5.73 Å². The van der Waals surface area contributed by atoms with E-state index in [9.17, 15) is 4.79 Å². The minimum Gasteiger partial charge on any atom is -0.369 e. The van der Waals surface area contributed by atoms with Gasteiger partial charge in [-0.15, -0.1) is 11.3 Å². The lowest BCUT2D eigenvalue weighted by Crippen LogP contribution is -2.35. The van der Waals surface area contributed by atoms with Crippen LogP contribution in [0.3, 0.4) is 0 Å². The number of H-pyrrole nitrogens is 1. The Hall–Kier alpha value is -2.71. The number of hydrogen-bond donors (Lipinski definition) is 2. The van der Waals surface area contributed by atoms with E-state index in [1.54, 1.807) is 11.2 Å². The summed E-state index contributed by atoms with van der Waals surface area (Å²) in [5, 5.41) is 5.94. The van der Waals surface area contributed by atoms with E-state index in [1.165, 1.54) is 56.6 Å². The number of nitrogens with zero attached hydrogens (tertiary/aromatic N) is 4. The molecular formula is C28H32N6OS. The first kappa shape index (κ1) is 21.4. The van der Waals surface area contributed by atoms with Gasteiger partial charge in [-0.05, 0) is 78.9 Å². The highest BCUT2D eigenvalue weighted by molar-refractivity contribution is 7.19. The Balaban J connectivity index is 1.23. The second kappa shape index (κ2) is 7.19. The van der Waals surface area contributed by atoms with Crippen LogP contribution in [0.15, 0.2) is 12.5 Å². The lowest BCUT2D eigenvalue weighted by atomic mass is 9.88. The average Bonchev–Trinajstić information content (AvgIpc) is 3.47. The van der Waals surface area contributed by atoms with Crippen molar-refractivity contribution in [1.29, 1.82) is 0 Å². The molecule has 1 saturated heterocycles. The van der Waals surface area contributed by atoms with Gasteiger partial charge >= 0.3 is 0 Å². The van der Waals surface area contributed by atoms with Gasteiger partial charge in [0, 0.05) is 40.2 Å². The topological polar surface area (TPSA) is 92.3 Å². The van der Waals surface area contributed by atoms with Gasteiger partial charge in [0.2, 0.25) is 5.91 Å². The molecule has 3 N–H and O–H groups in total. The van der Waals surface area contributed by atoms with Crippen LogP contribution in [0.1, 0.15) is 65.7 Å². The molecule has 3 aliphatic carbocycles. The third kappa shape index (κ3) is 2.69. The van der Waals surface area contributed by atoms with Crippen LogP contribution in [0.2, 0.25) is 0 Å². The molecule has 5 heterocycles. The van der Waals surface area contributed by atoms with Crippen molar-refractivity contribution in [2.45, 2.75) is 64.3 Å². The van der Waals surface area contributed by atoms with Gasteiger partial charge in [0.25, 0.3) is 0 Å². The number of pyridine rings is 1. The fraction of sp³-hybridized carbons (Fsp3) is 0.536. The number of aromatic amines is 1. The standard InChI is InChI=1S/C28H32N6OS/c1-12(2)21-22-13(3)26(16-7-17-23-18(16)8-33(25(17)23)10-20(29)35)36-28(22)32-24(21)19-9-34-27(30-11-31-34)15-6-4-5-14(15)19/h9,11-12,16-18,23,25,32H,4-8,10H2,1-3H3,(H2,29,35)/t16?,17-,18?,23-,25?/m1/s1. The van der Waals surface area contributed by atoms with Gasteiger partial charge in [-0.3, -0.25) is 9.69 Å². The van der Waals surface area contributed by atoms with Crippen molar-refractivity contribution in [3.63, 3.8) is 0 Å². The van der Waals surface area contributed by atoms with Gasteiger partial charge in [0.05, 0.1) is 12.2 Å². The number of rotatable bonds is 5. The average molecular weight is 501 g/mol. The zero-order chi connectivity index (χ0) is 24.5. The number of nitrogens with one attached hydrogen (secondary N) is 1. The van der Waals surface area contributed by atoms with Gasteiger partial charge < -0.3 is 10.7 Å². The highest BCUT2D eigenvalue weighted by atomic mass is 32.1. The molecule has 5 atom stereocenters. The number of carbonyl (C=O) groups is 1. The van der Waals surface area contributed by atoms with E-state index in [2.05, 4.69) is 46.9 Å². The number of fused-ring (bicyclic) bond motifs is 5. The molecular weight excluding hydrogens is 468 g/mol. The summed E-state index contributed by atoms with van der Waals surface area (Å²) in [6.45, 7) is 8.44. The van der Waals surface area contributed by atoms with Crippen molar-refractivity contribution in [3.05, 3.63) is 39.7 Å². The van der Waals surface area contributed by atoms with Crippen molar-refractivity contribution < 1.29 is 4.79 Å². The Morgan fingerprint density at radius 3 is 2.89 bits per heavy atom. The predicted octanol–water partition coefficient (Wildman–Crippen LogP) is 4.38. The Morgan fingerprint density at radius 1 is 1.28 bits per heavy atom. The van der Waals surface area contributed by atoms with Crippen LogP contribution in [0.5, 0.6) is 0 Å². The minimum atomic E-state index is -0.191. The maximum atomic E-state index is 11.6. The van der Waals surface area contributed by atoms with E-state index in [1.807, 2.05) is 15.9 Å². The first-order valence-corrected chi connectivity index (χ1v) is 14.3. The number of aromatic nitrogens is 4. The molecule has 7 nitrogen and oxygen atoms in total. The SMILES string of the molecule is Cc1c(C2C[C@H]3C4[C@H]3C2CN4CC(N)=O)sc2[nH]c(-c3cn4ncnc4c4c3CCC4)c(C(C)C)c12. The molecule has 3 unspecified atom stereocenters. The zero-order valence-corrected chi connectivity index (χ0v) is 21.9. The Labute approximate surface area is 214 Å². The highest BCUT2D eigenvalue weighted by Crippen LogP contribution is 2.68. The molecule has 3 fully saturated rings. The normalized spacial score (nSPS) is 28.6. The van der Waals surface area contributed by atoms with Crippen molar-refractivity contribution in [3.8, 4) is 11.3 Å². The first-order chi connectivity index (χ1) is 17.4. The summed E-state index contributed by atoms with van der Waals surface area (Å²) in [4.78, 5) is 25.3. The smallest absolute Gasteiger partial charge is 0.231 e. The fourth-order valence-electron chi connectivity index (χ4n) is 8.47. The van der Waals surface area contributed by atoms with Crippen molar-refractivity contribution in [2.75, 3.05) is 13.1 Å². The molecule has 1 amide bonds. The molecule has 8 rings (SSSR count). The molecule has 4 aromatic rings. The number of likely N-dealkylation sites (tertiary alicyclic amines) is 1. The largest absolute Gasteiger partial charge is 0.369 e. The number of primary amides is 1. The highest BCUT2D eigenvalue weighted by Gasteiger charge is 2.68. The summed E-state index contributed by atoms with van der Waals surface area (Å²) in [5.74, 6) is 3.03. The maximum absolute atomic E-state index is 11.6. The van der Waals surface area contributed by atoms with E-state index in [0.717, 1.165) is 36.9 Å². The van der Waals surface area contributed by atoms with E-state index in [-0.39, 0.29) is 5.91 Å². The zero-order valence-electron chi connectivity index (χ0n) is 21.0. The summed E-state index contributed by atoms with van der Waals surface area (Å²) in [6.07, 6.45) is 8.51. The number of thiophene rings is 1. The maximum Gasteiger partial charge on any atom is 0.231 e. The summed E-state index contributed by atoms with van der Waals surface area (Å²) in [6, 6.07) is 0.607. The van der Waals surface area contributed by atoms with Crippen LogP contribution in [0, 0.1) is 24.7 Å². The molecule has 1 aliphatic heterocycles. The molecule has 2 saturated carbocycles. The molecule has 0 spiro atoms. The number of aryl methyl sites for hydroxylation is 2. The second-order valence-electron chi connectivity index (χ2n) is 11.9. The Kier molecular flexibility index (Phi) is 4.27. The van der Waals surface area contributed by atoms with Crippen LogP contribution in [-0.4, -0.2) is 49.5 Å². The van der Waals surface area contributed by atoms with Crippen LogP contribution in [0.4, 0.5) is 0 Å². The number of nitrogens with two attached hydrogens (primary N) is 1. The lowest BCUT2D eigenvalue weighted by Gasteiger charge is -2.20. The summed E-state index contributed by atoms with van der Waals surface area (Å²) < 4.78 is 1.97. The monoisotopic (exact) mass is 500 g/mol. The Morgan fingerprint density at radius 2 is 2.11 bits per heavy atom. The molecule has 36 heavy (non-hydrogen) atoms. The summed E-state index contributed by atoms with van der Waals surface area (Å²) in [5.41, 5.74) is 14.9. The number of carbonyl (C=O) groups excluding carboxylic acids is 1. The van der Waals surface area contributed by atoms with Crippen molar-refractivity contribution in [1.82, 2.24) is 24.5 Å². The van der Waals surface area contributed by atoms with Crippen molar-refractivity contribution in [2.24, 2.45) is 23.5 Å². The molecule has 186 valence electrons. The second-order valence-corrected chi connectivity index (χ2v) is 12.9. The van der Waals surface area contributed by atoms with Gasteiger partial charge in [0.15, 0.2) is 5.65 Å². The molecule has 0 radical (unpaired) electrons. The third-order valence-corrected chi connectivity index (χ3v) is 11.1. The molecule has 0 aromatic carbocycles. The first-order valence-electron chi connectivity index (χ1n) is 13.4. The summed E-state index contributed by atoms with van der Waals surface area (Å²) in [7, 11) is 0. The number of amides is 1. The third-order valence-electron chi connectivity index (χ3n) is 9.73. The molecule has 0 bridgehead atoms. The predicted molar refractivity (Wildman–Crippen MR) is 141 cm³/mol. The minimum absolute atomic E-state index is 0.191. The quantitative estimate of drug-likeness (QED) is 0.425. The number of hydrogen-bond acceptors (Lipinski definition) is 5. The van der Waals surface area contributed by atoms with Gasteiger partial charge in [-0.25, -0.2) is 9.50 Å². The Bertz CT molecular complexity index is 1580. The van der Waals surface area contributed by atoms with Gasteiger partial charge in [0.1, 0.15) is 11.2 Å². The molecule has 4 aromatic heterocycles. The van der Waals surface area contributed by atoms with E-state index in [0.29, 0.717) is 30.3 Å². The number of piperidine rings is 1. The van der Waals surface area contributed by atoms with Crippen LogP contribution >= 0.6 is 11.3 Å². The summed E-state index contributed by atoms with van der Waals surface area (Å²) >= 11 is 1.98. The van der Waals surface area contributed by atoms with Gasteiger partial charge in [-0.2, -0.15) is 5.10 Å². The van der Waals surface area contributed by atoms with Crippen LogP contribution in [-0.2, 0) is 17.6 Å². The fourth-order valence-corrected chi connectivity index (χ4v) is 9.88. The van der Waals surface area contributed by atoms with Crippen LogP contribution in [0.25, 0.3) is 27.1 Å². The molecule has 8 heteroatoms. The van der Waals surface area contributed by atoms with E-state index in [4.69, 9.17) is 5.73 Å². The lowest BCUT2D eigenvalue weighted by molar-refractivity contribution is -0.119. The van der Waals surface area contributed by atoms with Crippen molar-refractivity contribution >= 4 is 33.1 Å². The molecule has 4 aliphatic rings. The van der Waals surface area contributed by atoms with Gasteiger partial charge in [-0.1, -0.05) is 13.8 Å².